The van der Waals surface area contributed by atoms with Crippen molar-refractivity contribution < 1.29 is 51.6 Å². The van der Waals surface area contributed by atoms with Crippen molar-refractivity contribution in [3.05, 3.63) is 102 Å². The van der Waals surface area contributed by atoms with Crippen LogP contribution in [0.15, 0.2) is 84.9 Å². The van der Waals surface area contributed by atoms with Crippen LogP contribution in [-0.4, -0.2) is 81.5 Å². The molecule has 14 heteroatoms. The Balaban J connectivity index is 1.77. The van der Waals surface area contributed by atoms with E-state index in [1.165, 1.54) is 7.11 Å². The molecule has 0 aliphatic rings. The van der Waals surface area contributed by atoms with E-state index in [2.05, 4.69) is 16.0 Å². The SMILES string of the molecule is COCCOCOC[C@H](NC(=O)C(F)(F)C(=O)C(Cc1ccc(OCc2ccccc2)cc1)NC(=O)[C@@H](NC(=O)OCc1ccccc1)C(C)C)C(C)C. The molecule has 12 nitrogen and oxygen atoms in total. The first-order valence-electron chi connectivity index (χ1n) is 17.7. The summed E-state index contributed by atoms with van der Waals surface area (Å²) in [6.45, 7) is 7.12. The third-order valence-corrected chi connectivity index (χ3v) is 8.29. The van der Waals surface area contributed by atoms with E-state index in [1.54, 1.807) is 82.3 Å². The van der Waals surface area contributed by atoms with Gasteiger partial charge < -0.3 is 39.6 Å². The standard InChI is InChI=1S/C40H51F2N3O9/c1-27(2)34(25-52-26-51-21-20-50-5)44-38(48)40(41,42)36(46)33(22-29-16-18-32(19-17-29)53-23-30-12-8-6-9-13-30)43-37(47)35(28(3)4)45-39(49)54-24-31-14-10-7-11-15-31/h6-19,27-28,33-35H,20-26H2,1-5H3,(H,43,47)(H,44,48)(H,45,49)/t33?,34-,35-/m0/s1. The van der Waals surface area contributed by atoms with Gasteiger partial charge in [0.2, 0.25) is 11.7 Å². The molecule has 1 unspecified atom stereocenters. The Morgan fingerprint density at radius 3 is 1.89 bits per heavy atom. The average Bonchev–Trinajstić information content (AvgIpc) is 3.16. The first-order chi connectivity index (χ1) is 25.8. The highest BCUT2D eigenvalue weighted by molar-refractivity contribution is 6.10. The zero-order chi connectivity index (χ0) is 39.5. The van der Waals surface area contributed by atoms with Crippen molar-refractivity contribution in [2.24, 2.45) is 11.8 Å². The summed E-state index contributed by atoms with van der Waals surface area (Å²) in [5.41, 5.74) is 2.05. The number of ketones is 1. The number of ether oxygens (including phenoxy) is 5. The summed E-state index contributed by atoms with van der Waals surface area (Å²) in [7, 11) is 1.51. The Hall–Kier alpha value is -4.92. The van der Waals surface area contributed by atoms with Gasteiger partial charge in [-0.15, -0.1) is 0 Å². The van der Waals surface area contributed by atoms with Crippen LogP contribution in [0.5, 0.6) is 5.75 Å². The summed E-state index contributed by atoms with van der Waals surface area (Å²) in [5, 5.41) is 7.07. The number of rotatable bonds is 23. The van der Waals surface area contributed by atoms with Crippen molar-refractivity contribution in [2.75, 3.05) is 33.7 Å². The molecule has 54 heavy (non-hydrogen) atoms. The molecule has 294 valence electrons. The van der Waals surface area contributed by atoms with Crippen molar-refractivity contribution in [1.82, 2.24) is 16.0 Å². The average molecular weight is 756 g/mol. The molecular formula is C40H51F2N3O9. The number of carbonyl (C=O) groups excluding carboxylic acids is 4. The van der Waals surface area contributed by atoms with E-state index in [0.29, 0.717) is 30.1 Å². The summed E-state index contributed by atoms with van der Waals surface area (Å²) in [6, 6.07) is 20.7. The maximum absolute atomic E-state index is 15.8. The second kappa shape index (κ2) is 22.3. The molecule has 0 spiro atoms. The van der Waals surface area contributed by atoms with E-state index in [-0.39, 0.29) is 32.5 Å². The summed E-state index contributed by atoms with van der Waals surface area (Å²) < 4.78 is 58.2. The highest BCUT2D eigenvalue weighted by atomic mass is 19.3. The molecule has 0 saturated heterocycles. The van der Waals surface area contributed by atoms with Crippen LogP contribution in [0.25, 0.3) is 0 Å². The Morgan fingerprint density at radius 2 is 1.31 bits per heavy atom. The molecule has 0 bridgehead atoms. The number of halogens is 2. The summed E-state index contributed by atoms with van der Waals surface area (Å²) in [4.78, 5) is 53.0. The maximum atomic E-state index is 15.8. The van der Waals surface area contributed by atoms with E-state index in [0.717, 1.165) is 5.56 Å². The van der Waals surface area contributed by atoms with E-state index < -0.39 is 60.1 Å². The van der Waals surface area contributed by atoms with E-state index >= 15 is 8.78 Å². The number of amides is 3. The minimum Gasteiger partial charge on any atom is -0.489 e. The molecule has 0 aromatic heterocycles. The first kappa shape index (κ1) is 43.5. The van der Waals surface area contributed by atoms with Crippen LogP contribution in [0.2, 0.25) is 0 Å². The van der Waals surface area contributed by atoms with Crippen LogP contribution in [-0.2, 0) is 53.0 Å². The molecule has 0 radical (unpaired) electrons. The van der Waals surface area contributed by atoms with Gasteiger partial charge in [0.25, 0.3) is 5.91 Å². The van der Waals surface area contributed by atoms with Gasteiger partial charge in [-0.3, -0.25) is 14.4 Å². The smallest absolute Gasteiger partial charge is 0.408 e. The van der Waals surface area contributed by atoms with Crippen LogP contribution >= 0.6 is 0 Å². The normalized spacial score (nSPS) is 13.1. The molecule has 0 saturated carbocycles. The van der Waals surface area contributed by atoms with Gasteiger partial charge in [0, 0.05) is 13.5 Å². The highest BCUT2D eigenvalue weighted by Crippen LogP contribution is 2.22. The van der Waals surface area contributed by atoms with Crippen molar-refractivity contribution >= 4 is 23.7 Å². The molecule has 0 aliphatic carbocycles. The minimum atomic E-state index is -4.56. The number of methoxy groups -OCH3 is 1. The van der Waals surface area contributed by atoms with Gasteiger partial charge in [0.15, 0.2) is 0 Å². The van der Waals surface area contributed by atoms with Crippen LogP contribution in [0.3, 0.4) is 0 Å². The van der Waals surface area contributed by atoms with Crippen molar-refractivity contribution in [3.8, 4) is 5.75 Å². The second-order valence-electron chi connectivity index (χ2n) is 13.3. The van der Waals surface area contributed by atoms with E-state index in [4.69, 9.17) is 23.7 Å². The van der Waals surface area contributed by atoms with E-state index in [9.17, 15) is 19.2 Å². The number of alkyl halides is 2. The van der Waals surface area contributed by atoms with Crippen molar-refractivity contribution in [2.45, 2.75) is 71.4 Å². The zero-order valence-electron chi connectivity index (χ0n) is 31.3. The van der Waals surface area contributed by atoms with Gasteiger partial charge in [-0.2, -0.15) is 8.78 Å². The van der Waals surface area contributed by atoms with Gasteiger partial charge in [0.1, 0.15) is 31.8 Å². The fourth-order valence-electron chi connectivity index (χ4n) is 5.02. The predicted octanol–water partition coefficient (Wildman–Crippen LogP) is 5.23. The second-order valence-corrected chi connectivity index (χ2v) is 13.3. The fraction of sp³-hybridized carbons (Fsp3) is 0.450. The van der Waals surface area contributed by atoms with Gasteiger partial charge in [-0.05, 0) is 40.7 Å². The molecule has 0 heterocycles. The molecule has 3 rings (SSSR count). The lowest BCUT2D eigenvalue weighted by Crippen LogP contribution is -2.60. The molecular weight excluding hydrogens is 704 g/mol. The summed E-state index contributed by atoms with van der Waals surface area (Å²) >= 11 is 0. The molecule has 3 amide bonds. The number of Topliss-reactive ketones (excluding diaryl/α,β-unsaturated/α-hetero) is 1. The molecule has 3 aromatic rings. The Labute approximate surface area is 315 Å². The van der Waals surface area contributed by atoms with Gasteiger partial charge >= 0.3 is 12.0 Å². The third-order valence-electron chi connectivity index (χ3n) is 8.29. The number of carbonyl (C=O) groups is 4. The topological polar surface area (TPSA) is 151 Å². The number of benzene rings is 3. The molecule has 0 aliphatic heterocycles. The lowest BCUT2D eigenvalue weighted by molar-refractivity contribution is -0.161. The van der Waals surface area contributed by atoms with Gasteiger partial charge in [-0.25, -0.2) is 4.79 Å². The Morgan fingerprint density at radius 1 is 0.704 bits per heavy atom. The number of nitrogens with one attached hydrogen (secondary N) is 3. The zero-order valence-corrected chi connectivity index (χ0v) is 31.3. The Bertz CT molecular complexity index is 1590. The molecule has 3 N–H and O–H groups in total. The predicted molar refractivity (Wildman–Crippen MR) is 197 cm³/mol. The largest absolute Gasteiger partial charge is 0.489 e. The fourth-order valence-corrected chi connectivity index (χ4v) is 5.02. The van der Waals surface area contributed by atoms with Crippen LogP contribution in [0, 0.1) is 11.8 Å². The number of hydrogen-bond acceptors (Lipinski definition) is 9. The molecule has 0 fully saturated rings. The lowest BCUT2D eigenvalue weighted by atomic mass is 9.96. The molecule has 3 atom stereocenters. The van der Waals surface area contributed by atoms with Crippen LogP contribution < -0.4 is 20.7 Å². The van der Waals surface area contributed by atoms with Crippen molar-refractivity contribution in [1.29, 1.82) is 0 Å². The Kier molecular flexibility index (Phi) is 18.0. The quantitative estimate of drug-likeness (QED) is 0.0672. The van der Waals surface area contributed by atoms with Gasteiger partial charge in [0.05, 0.1) is 31.9 Å². The van der Waals surface area contributed by atoms with E-state index in [1.807, 2.05) is 30.3 Å². The van der Waals surface area contributed by atoms with Crippen molar-refractivity contribution in [3.63, 3.8) is 0 Å². The highest BCUT2D eigenvalue weighted by Gasteiger charge is 2.51. The third kappa shape index (κ3) is 14.5. The minimum absolute atomic E-state index is 0.0735. The van der Waals surface area contributed by atoms with Gasteiger partial charge in [-0.1, -0.05) is 100 Å². The first-order valence-corrected chi connectivity index (χ1v) is 17.7. The molecule has 3 aromatic carbocycles. The number of hydrogen-bond donors (Lipinski definition) is 3. The monoisotopic (exact) mass is 755 g/mol. The van der Waals surface area contributed by atoms with Crippen LogP contribution in [0.1, 0.15) is 44.4 Å². The summed E-state index contributed by atoms with van der Waals surface area (Å²) in [5.74, 6) is -9.56. The summed E-state index contributed by atoms with van der Waals surface area (Å²) in [6.07, 6.45) is -1.32. The maximum Gasteiger partial charge on any atom is 0.408 e. The lowest BCUT2D eigenvalue weighted by Gasteiger charge is -2.28. The number of alkyl carbamates (subject to hydrolysis) is 1. The van der Waals surface area contributed by atoms with Crippen LogP contribution in [0.4, 0.5) is 13.6 Å².